The molecule has 0 spiro atoms. The molecule has 1 heterocycles. The minimum atomic E-state index is -0.886. The van der Waals surface area contributed by atoms with E-state index in [1.54, 1.807) is 6.07 Å². The maximum absolute atomic E-state index is 10.8. The lowest BCUT2D eigenvalue weighted by atomic mass is 10.1. The summed E-state index contributed by atoms with van der Waals surface area (Å²) in [5, 5.41) is 19.4. The van der Waals surface area contributed by atoms with Crippen molar-refractivity contribution in [2.24, 2.45) is 0 Å². The molecule has 72 valence electrons. The van der Waals surface area contributed by atoms with E-state index in [9.17, 15) is 4.79 Å². The highest BCUT2D eigenvalue weighted by molar-refractivity contribution is 9.10. The van der Waals surface area contributed by atoms with Gasteiger partial charge >= 0.3 is 5.97 Å². The van der Waals surface area contributed by atoms with Crippen molar-refractivity contribution in [2.75, 3.05) is 6.61 Å². The molecule has 1 unspecified atom stereocenters. The molecule has 0 fully saturated rings. The highest BCUT2D eigenvalue weighted by Crippen LogP contribution is 2.29. The van der Waals surface area contributed by atoms with Crippen molar-refractivity contribution in [3.63, 3.8) is 0 Å². The molecule has 0 amide bonds. The zero-order chi connectivity index (χ0) is 9.84. The molecule has 0 saturated heterocycles. The quantitative estimate of drug-likeness (QED) is 0.876. The Bertz CT molecular complexity index is 297. The van der Waals surface area contributed by atoms with E-state index in [0.717, 1.165) is 9.35 Å². The minimum Gasteiger partial charge on any atom is -0.481 e. The van der Waals surface area contributed by atoms with Gasteiger partial charge < -0.3 is 10.2 Å². The molecule has 0 aromatic carbocycles. The maximum atomic E-state index is 10.8. The molecule has 2 N–H and O–H groups in total. The Labute approximate surface area is 88.1 Å². The fourth-order valence-electron chi connectivity index (χ4n) is 1.03. The molecule has 1 atom stereocenters. The number of hydrogen-bond acceptors (Lipinski definition) is 3. The first-order valence-electron chi connectivity index (χ1n) is 3.72. The van der Waals surface area contributed by atoms with Crippen molar-refractivity contribution < 1.29 is 15.0 Å². The average Bonchev–Trinajstić information content (AvgIpc) is 2.46. The summed E-state index contributed by atoms with van der Waals surface area (Å²) in [6.45, 7) is -0.105. The van der Waals surface area contributed by atoms with Crippen LogP contribution >= 0.6 is 27.3 Å². The Morgan fingerprint density at radius 2 is 2.38 bits per heavy atom. The summed E-state index contributed by atoms with van der Waals surface area (Å²) in [5.41, 5.74) is 0. The van der Waals surface area contributed by atoms with E-state index in [0.29, 0.717) is 0 Å². The van der Waals surface area contributed by atoms with Crippen LogP contribution in [0.2, 0.25) is 0 Å². The van der Waals surface area contributed by atoms with Gasteiger partial charge in [-0.2, -0.15) is 0 Å². The van der Waals surface area contributed by atoms with E-state index in [-0.39, 0.29) is 13.0 Å². The van der Waals surface area contributed by atoms with Gasteiger partial charge in [-0.05, 0) is 28.4 Å². The number of aliphatic hydroxyl groups excluding tert-OH is 1. The van der Waals surface area contributed by atoms with Crippen LogP contribution < -0.4 is 0 Å². The van der Waals surface area contributed by atoms with Crippen molar-refractivity contribution >= 4 is 33.2 Å². The van der Waals surface area contributed by atoms with Gasteiger partial charge in [0, 0.05) is 21.3 Å². The lowest BCUT2D eigenvalue weighted by Gasteiger charge is -2.07. The fourth-order valence-corrected chi connectivity index (χ4v) is 2.60. The third kappa shape index (κ3) is 2.79. The molecule has 0 aliphatic rings. The Kier molecular flexibility index (Phi) is 3.90. The number of carbonyl (C=O) groups is 1. The number of aliphatic carboxylic acids is 1. The number of hydrogen-bond donors (Lipinski definition) is 2. The smallest absolute Gasteiger partial charge is 0.311 e. The number of thiophene rings is 1. The first-order chi connectivity index (χ1) is 6.15. The van der Waals surface area contributed by atoms with Gasteiger partial charge in [0.25, 0.3) is 0 Å². The summed E-state index contributed by atoms with van der Waals surface area (Å²) in [6.07, 6.45) is 0.266. The molecule has 3 nitrogen and oxygen atoms in total. The monoisotopic (exact) mass is 264 g/mol. The molecule has 13 heavy (non-hydrogen) atoms. The largest absolute Gasteiger partial charge is 0.481 e. The van der Waals surface area contributed by atoms with Gasteiger partial charge in [0.05, 0.1) is 5.92 Å². The van der Waals surface area contributed by atoms with E-state index in [4.69, 9.17) is 10.2 Å². The van der Waals surface area contributed by atoms with Crippen LogP contribution in [0.25, 0.3) is 0 Å². The summed E-state index contributed by atoms with van der Waals surface area (Å²) in [6, 6.07) is 1.78. The second-order valence-corrected chi connectivity index (χ2v) is 4.43. The number of carboxylic acids is 1. The van der Waals surface area contributed by atoms with Crippen LogP contribution in [0.1, 0.15) is 17.2 Å². The van der Waals surface area contributed by atoms with Gasteiger partial charge in [0.2, 0.25) is 0 Å². The topological polar surface area (TPSA) is 57.5 Å². The van der Waals surface area contributed by atoms with Gasteiger partial charge in [-0.15, -0.1) is 11.3 Å². The highest BCUT2D eigenvalue weighted by Gasteiger charge is 2.20. The van der Waals surface area contributed by atoms with Crippen LogP contribution in [0.3, 0.4) is 0 Å². The van der Waals surface area contributed by atoms with Gasteiger partial charge in [0.1, 0.15) is 0 Å². The van der Waals surface area contributed by atoms with Crippen LogP contribution in [-0.2, 0) is 4.79 Å². The van der Waals surface area contributed by atoms with Crippen LogP contribution in [0.4, 0.5) is 0 Å². The molecule has 0 saturated carbocycles. The van der Waals surface area contributed by atoms with Gasteiger partial charge in [-0.25, -0.2) is 0 Å². The van der Waals surface area contributed by atoms with Crippen molar-refractivity contribution in [1.82, 2.24) is 0 Å². The number of carboxylic acid groups (broad SMARTS) is 1. The standard InChI is InChI=1S/C8H9BrO3S/c9-5-3-7(13-4-5)6(1-2-10)8(11)12/h3-4,6,10H,1-2H2,(H,11,12). The zero-order valence-corrected chi connectivity index (χ0v) is 9.14. The Morgan fingerprint density at radius 1 is 1.69 bits per heavy atom. The van der Waals surface area contributed by atoms with Crippen LogP contribution in [0, 0.1) is 0 Å². The fraction of sp³-hybridized carbons (Fsp3) is 0.375. The number of aliphatic hydroxyl groups is 1. The third-order valence-electron chi connectivity index (χ3n) is 1.65. The minimum absolute atomic E-state index is 0.105. The molecule has 1 rings (SSSR count). The summed E-state index contributed by atoms with van der Waals surface area (Å²) in [7, 11) is 0. The van der Waals surface area contributed by atoms with E-state index >= 15 is 0 Å². The summed E-state index contributed by atoms with van der Waals surface area (Å²) >= 11 is 4.64. The summed E-state index contributed by atoms with van der Waals surface area (Å²) in [5.74, 6) is -1.47. The van der Waals surface area contributed by atoms with Gasteiger partial charge in [0.15, 0.2) is 0 Å². The van der Waals surface area contributed by atoms with E-state index in [1.165, 1.54) is 11.3 Å². The molecule has 5 heteroatoms. The predicted molar refractivity (Wildman–Crippen MR) is 54.1 cm³/mol. The first-order valence-corrected chi connectivity index (χ1v) is 5.40. The first kappa shape index (κ1) is 10.7. The van der Waals surface area contributed by atoms with Gasteiger partial charge in [-0.3, -0.25) is 4.79 Å². The van der Waals surface area contributed by atoms with E-state index < -0.39 is 11.9 Å². The molecule has 0 aliphatic heterocycles. The SMILES string of the molecule is O=C(O)C(CCO)c1cc(Br)cs1. The molecule has 1 aromatic heterocycles. The molecule has 0 aliphatic carbocycles. The predicted octanol–water partition coefficient (Wildman–Crippen LogP) is 2.06. The summed E-state index contributed by atoms with van der Waals surface area (Å²) in [4.78, 5) is 11.6. The normalized spacial score (nSPS) is 12.8. The third-order valence-corrected chi connectivity index (χ3v) is 3.45. The second-order valence-electron chi connectivity index (χ2n) is 2.57. The molecular weight excluding hydrogens is 256 g/mol. The lowest BCUT2D eigenvalue weighted by molar-refractivity contribution is -0.139. The molecule has 0 radical (unpaired) electrons. The lowest BCUT2D eigenvalue weighted by Crippen LogP contribution is -2.11. The number of rotatable bonds is 4. The number of halogens is 1. The Morgan fingerprint density at radius 3 is 2.77 bits per heavy atom. The maximum Gasteiger partial charge on any atom is 0.311 e. The molecule has 1 aromatic rings. The Hall–Kier alpha value is -0.390. The van der Waals surface area contributed by atoms with Crippen LogP contribution in [0.15, 0.2) is 15.9 Å². The van der Waals surface area contributed by atoms with Crippen LogP contribution in [-0.4, -0.2) is 22.8 Å². The molecule has 0 bridgehead atoms. The van der Waals surface area contributed by atoms with Gasteiger partial charge in [-0.1, -0.05) is 0 Å². The molecular formula is C8H9BrO3S. The average molecular weight is 265 g/mol. The van der Waals surface area contributed by atoms with E-state index in [2.05, 4.69) is 15.9 Å². The van der Waals surface area contributed by atoms with Crippen molar-refractivity contribution in [3.8, 4) is 0 Å². The summed E-state index contributed by atoms with van der Waals surface area (Å²) < 4.78 is 0.886. The van der Waals surface area contributed by atoms with E-state index in [1.807, 2.05) is 5.38 Å². The zero-order valence-electron chi connectivity index (χ0n) is 6.74. The Balaban J connectivity index is 2.81. The van der Waals surface area contributed by atoms with Crippen LogP contribution in [0.5, 0.6) is 0 Å². The van der Waals surface area contributed by atoms with Crippen molar-refractivity contribution in [2.45, 2.75) is 12.3 Å². The van der Waals surface area contributed by atoms with Crippen molar-refractivity contribution in [1.29, 1.82) is 0 Å². The second kappa shape index (κ2) is 4.74. The highest BCUT2D eigenvalue weighted by atomic mass is 79.9. The van der Waals surface area contributed by atoms with Crippen molar-refractivity contribution in [3.05, 3.63) is 20.8 Å².